The van der Waals surface area contributed by atoms with Gasteiger partial charge in [-0.15, -0.1) is 0 Å². The SMILES string of the molecule is O=C(NCc1ccc(F)cc1)OCC1OC(n2cnc3c(NC4CCOC4)ncnc32)C(O)C1O. The smallest absolute Gasteiger partial charge is 0.407 e. The fourth-order valence-electron chi connectivity index (χ4n) is 4.07. The van der Waals surface area contributed by atoms with E-state index in [1.165, 1.54) is 29.4 Å². The monoisotopic (exact) mass is 488 g/mol. The number of halogens is 1. The van der Waals surface area contributed by atoms with Crippen LogP contribution in [0.1, 0.15) is 18.2 Å². The Labute approximate surface area is 199 Å². The Morgan fingerprint density at radius 3 is 2.80 bits per heavy atom. The summed E-state index contributed by atoms with van der Waals surface area (Å²) in [6, 6.07) is 5.78. The van der Waals surface area contributed by atoms with Crippen molar-refractivity contribution in [3.63, 3.8) is 0 Å². The van der Waals surface area contributed by atoms with Crippen molar-refractivity contribution in [3.05, 3.63) is 48.3 Å². The molecule has 2 aliphatic rings. The summed E-state index contributed by atoms with van der Waals surface area (Å²) in [5.41, 5.74) is 1.60. The Hall–Kier alpha value is -3.39. The fraction of sp³-hybridized carbons (Fsp3) is 0.455. The van der Waals surface area contributed by atoms with Gasteiger partial charge in [0.1, 0.15) is 37.1 Å². The van der Waals surface area contributed by atoms with Gasteiger partial charge in [-0.05, 0) is 24.1 Å². The Balaban J connectivity index is 1.21. The molecule has 1 amide bonds. The number of fused-ring (bicyclic) bond motifs is 1. The summed E-state index contributed by atoms with van der Waals surface area (Å²) < 4.78 is 30.8. The molecule has 1 aromatic carbocycles. The normalized spacial score (nSPS) is 26.2. The number of aromatic nitrogens is 4. The number of rotatable bonds is 7. The van der Waals surface area contributed by atoms with Crippen LogP contribution in [0.2, 0.25) is 0 Å². The largest absolute Gasteiger partial charge is 0.447 e. The second-order valence-electron chi connectivity index (χ2n) is 8.38. The number of hydrogen-bond donors (Lipinski definition) is 4. The van der Waals surface area contributed by atoms with Crippen molar-refractivity contribution in [1.82, 2.24) is 24.8 Å². The summed E-state index contributed by atoms with van der Waals surface area (Å²) in [7, 11) is 0. The summed E-state index contributed by atoms with van der Waals surface area (Å²) >= 11 is 0. The standard InChI is InChI=1S/C22H25FN6O6/c23-13-3-1-12(2-4-13)7-24-22(32)34-9-15-17(30)18(31)21(35-15)29-11-27-16-19(25-10-26-20(16)29)28-14-5-6-33-8-14/h1-4,10-11,14-15,17-18,21,30-31H,5-9H2,(H,24,32)(H,25,26,28). The van der Waals surface area contributed by atoms with Crippen molar-refractivity contribution < 1.29 is 33.6 Å². The first-order chi connectivity index (χ1) is 17.0. The zero-order valence-electron chi connectivity index (χ0n) is 18.6. The van der Waals surface area contributed by atoms with E-state index in [1.807, 2.05) is 0 Å². The molecule has 0 spiro atoms. The summed E-state index contributed by atoms with van der Waals surface area (Å²) in [4.78, 5) is 24.9. The van der Waals surface area contributed by atoms with E-state index in [0.29, 0.717) is 35.8 Å². The maximum atomic E-state index is 13.0. The Morgan fingerprint density at radius 2 is 2.03 bits per heavy atom. The van der Waals surface area contributed by atoms with E-state index < -0.39 is 30.6 Å². The number of nitrogens with one attached hydrogen (secondary N) is 2. The highest BCUT2D eigenvalue weighted by Crippen LogP contribution is 2.32. The highest BCUT2D eigenvalue weighted by atomic mass is 19.1. The summed E-state index contributed by atoms with van der Waals surface area (Å²) in [5, 5.41) is 26.9. The Morgan fingerprint density at radius 1 is 1.20 bits per heavy atom. The molecule has 12 nitrogen and oxygen atoms in total. The quantitative estimate of drug-likeness (QED) is 0.374. The third-order valence-electron chi connectivity index (χ3n) is 5.97. The molecule has 186 valence electrons. The molecule has 13 heteroatoms. The summed E-state index contributed by atoms with van der Waals surface area (Å²) in [6.07, 6.45) is -1.65. The van der Waals surface area contributed by atoms with Crippen molar-refractivity contribution in [2.45, 2.75) is 43.5 Å². The molecular formula is C22H25FN6O6. The third kappa shape index (κ3) is 5.03. The molecule has 4 N–H and O–H groups in total. The molecule has 5 atom stereocenters. The van der Waals surface area contributed by atoms with Crippen LogP contribution in [0.3, 0.4) is 0 Å². The van der Waals surface area contributed by atoms with Crippen LogP contribution in [0.5, 0.6) is 0 Å². The third-order valence-corrected chi connectivity index (χ3v) is 5.97. The van der Waals surface area contributed by atoms with Gasteiger partial charge in [0.05, 0.1) is 19.0 Å². The van der Waals surface area contributed by atoms with Gasteiger partial charge in [0.25, 0.3) is 0 Å². The molecular weight excluding hydrogens is 463 g/mol. The number of carbonyl (C=O) groups excluding carboxylic acids is 1. The Kier molecular flexibility index (Phi) is 6.72. The molecule has 2 saturated heterocycles. The maximum absolute atomic E-state index is 13.0. The van der Waals surface area contributed by atoms with Crippen molar-refractivity contribution in [2.24, 2.45) is 0 Å². The number of ether oxygens (including phenoxy) is 3. The molecule has 0 saturated carbocycles. The van der Waals surface area contributed by atoms with E-state index in [9.17, 15) is 19.4 Å². The second-order valence-corrected chi connectivity index (χ2v) is 8.38. The van der Waals surface area contributed by atoms with Gasteiger partial charge in [-0.1, -0.05) is 12.1 Å². The molecule has 4 heterocycles. The van der Waals surface area contributed by atoms with E-state index >= 15 is 0 Å². The fourth-order valence-corrected chi connectivity index (χ4v) is 4.07. The summed E-state index contributed by atoms with van der Waals surface area (Å²) in [5.74, 6) is 0.167. The number of benzene rings is 1. The molecule has 35 heavy (non-hydrogen) atoms. The van der Waals surface area contributed by atoms with E-state index in [4.69, 9.17) is 14.2 Å². The summed E-state index contributed by atoms with van der Waals surface area (Å²) in [6.45, 7) is 1.10. The molecule has 2 aromatic heterocycles. The van der Waals surface area contributed by atoms with Crippen LogP contribution in [0, 0.1) is 5.82 Å². The lowest BCUT2D eigenvalue weighted by molar-refractivity contribution is -0.0533. The first kappa shape index (κ1) is 23.4. The zero-order chi connectivity index (χ0) is 24.4. The minimum absolute atomic E-state index is 0.115. The van der Waals surface area contributed by atoms with Crippen molar-refractivity contribution >= 4 is 23.1 Å². The number of imidazole rings is 1. The van der Waals surface area contributed by atoms with Gasteiger partial charge in [-0.3, -0.25) is 4.57 Å². The van der Waals surface area contributed by atoms with Gasteiger partial charge in [-0.25, -0.2) is 24.1 Å². The Bertz CT molecular complexity index is 1170. The van der Waals surface area contributed by atoms with E-state index in [2.05, 4.69) is 25.6 Å². The first-order valence-corrected chi connectivity index (χ1v) is 11.2. The predicted molar refractivity (Wildman–Crippen MR) is 119 cm³/mol. The van der Waals surface area contributed by atoms with Crippen molar-refractivity contribution in [2.75, 3.05) is 25.1 Å². The van der Waals surface area contributed by atoms with Crippen LogP contribution in [0.4, 0.5) is 15.0 Å². The average Bonchev–Trinajstić information content (AvgIpc) is 3.59. The topological polar surface area (TPSA) is 153 Å². The van der Waals surface area contributed by atoms with Crippen LogP contribution in [0.15, 0.2) is 36.9 Å². The highest BCUT2D eigenvalue weighted by Gasteiger charge is 2.45. The molecule has 0 radical (unpaired) electrons. The van der Waals surface area contributed by atoms with E-state index in [1.54, 1.807) is 12.1 Å². The molecule has 3 aromatic rings. The van der Waals surface area contributed by atoms with Crippen LogP contribution >= 0.6 is 0 Å². The van der Waals surface area contributed by atoms with Gasteiger partial charge in [0.2, 0.25) is 0 Å². The maximum Gasteiger partial charge on any atom is 0.407 e. The lowest BCUT2D eigenvalue weighted by Crippen LogP contribution is -2.35. The number of aliphatic hydroxyl groups is 2. The highest BCUT2D eigenvalue weighted by molar-refractivity contribution is 5.82. The van der Waals surface area contributed by atoms with E-state index in [-0.39, 0.29) is 25.0 Å². The number of carbonyl (C=O) groups is 1. The molecule has 2 aliphatic heterocycles. The van der Waals surface area contributed by atoms with Gasteiger partial charge in [0.15, 0.2) is 23.2 Å². The van der Waals surface area contributed by atoms with Crippen LogP contribution in [0.25, 0.3) is 11.2 Å². The molecule has 2 fully saturated rings. The number of nitrogens with zero attached hydrogens (tertiary/aromatic N) is 4. The molecule has 0 bridgehead atoms. The number of anilines is 1. The minimum Gasteiger partial charge on any atom is -0.447 e. The lowest BCUT2D eigenvalue weighted by Gasteiger charge is -2.17. The second kappa shape index (κ2) is 10.1. The van der Waals surface area contributed by atoms with Gasteiger partial charge >= 0.3 is 6.09 Å². The van der Waals surface area contributed by atoms with Crippen LogP contribution < -0.4 is 10.6 Å². The average molecular weight is 488 g/mol. The zero-order valence-corrected chi connectivity index (χ0v) is 18.6. The van der Waals surface area contributed by atoms with Gasteiger partial charge in [-0.2, -0.15) is 0 Å². The number of alkyl carbamates (subject to hydrolysis) is 1. The first-order valence-electron chi connectivity index (χ1n) is 11.2. The molecule has 5 rings (SSSR count). The van der Waals surface area contributed by atoms with Crippen LogP contribution in [-0.4, -0.2) is 80.0 Å². The number of aliphatic hydroxyl groups excluding tert-OH is 2. The minimum atomic E-state index is -1.31. The van der Waals surface area contributed by atoms with Crippen LogP contribution in [-0.2, 0) is 20.8 Å². The van der Waals surface area contributed by atoms with Crippen molar-refractivity contribution in [1.29, 1.82) is 0 Å². The van der Waals surface area contributed by atoms with Crippen molar-refractivity contribution in [3.8, 4) is 0 Å². The predicted octanol–water partition coefficient (Wildman–Crippen LogP) is 0.712. The molecule has 5 unspecified atom stereocenters. The van der Waals surface area contributed by atoms with E-state index in [0.717, 1.165) is 6.42 Å². The number of hydrogen-bond acceptors (Lipinski definition) is 10. The van der Waals surface area contributed by atoms with Gasteiger partial charge < -0.3 is 35.1 Å². The molecule has 0 aliphatic carbocycles. The number of amides is 1. The van der Waals surface area contributed by atoms with Gasteiger partial charge in [0, 0.05) is 13.2 Å². The lowest BCUT2D eigenvalue weighted by atomic mass is 10.1.